The number of fused-ring (bicyclic) bond motifs is 1. The van der Waals surface area contributed by atoms with E-state index in [1.165, 1.54) is 0 Å². The molecule has 5 heteroatoms. The number of hydrogen-bond acceptors (Lipinski definition) is 4. The number of benzene rings is 1. The minimum atomic E-state index is -0.311. The zero-order chi connectivity index (χ0) is 15.3. The Balaban J connectivity index is 1.87. The predicted molar refractivity (Wildman–Crippen MR) is 82.6 cm³/mol. The molecule has 1 fully saturated rings. The van der Waals surface area contributed by atoms with E-state index in [-0.39, 0.29) is 18.3 Å². The highest BCUT2D eigenvalue weighted by molar-refractivity contribution is 6.45. The van der Waals surface area contributed by atoms with E-state index in [1.54, 1.807) is 13.4 Å². The van der Waals surface area contributed by atoms with Crippen LogP contribution in [0.5, 0.6) is 5.75 Å². The SMILES string of the molecule is COc1cccc2c(CB3OC(C)(C)C(C)(C)O3)coc12. The molecule has 112 valence electrons. The largest absolute Gasteiger partial charge is 0.493 e. The van der Waals surface area contributed by atoms with Gasteiger partial charge in [-0.2, -0.15) is 0 Å². The molecule has 0 spiro atoms. The van der Waals surface area contributed by atoms with Gasteiger partial charge in [-0.25, -0.2) is 0 Å². The number of hydrogen-bond donors (Lipinski definition) is 0. The Hall–Kier alpha value is -1.46. The standard InChI is InChI=1S/C16H21BO4/c1-15(2)16(3,4)21-17(20-15)9-11-10-19-14-12(11)7-6-8-13(14)18-5/h6-8,10H,9H2,1-5H3. The molecule has 1 saturated heterocycles. The molecule has 1 aromatic heterocycles. The fourth-order valence-electron chi connectivity index (χ4n) is 2.63. The maximum atomic E-state index is 6.05. The van der Waals surface area contributed by atoms with Crippen molar-refractivity contribution in [2.24, 2.45) is 0 Å². The lowest BCUT2D eigenvalue weighted by molar-refractivity contribution is 0.00578. The fourth-order valence-corrected chi connectivity index (χ4v) is 2.63. The van der Waals surface area contributed by atoms with Crippen LogP contribution in [-0.2, 0) is 15.6 Å². The molecule has 1 aromatic carbocycles. The average molecular weight is 288 g/mol. The van der Waals surface area contributed by atoms with Gasteiger partial charge in [-0.1, -0.05) is 12.1 Å². The van der Waals surface area contributed by atoms with E-state index >= 15 is 0 Å². The van der Waals surface area contributed by atoms with Crippen molar-refractivity contribution in [1.82, 2.24) is 0 Å². The molecule has 0 aliphatic carbocycles. The molecule has 0 bridgehead atoms. The highest BCUT2D eigenvalue weighted by Gasteiger charge is 2.50. The van der Waals surface area contributed by atoms with E-state index < -0.39 is 0 Å². The Morgan fingerprint density at radius 2 is 1.76 bits per heavy atom. The van der Waals surface area contributed by atoms with Gasteiger partial charge >= 0.3 is 7.12 Å². The fraction of sp³-hybridized carbons (Fsp3) is 0.500. The minimum Gasteiger partial charge on any atom is -0.493 e. The highest BCUT2D eigenvalue weighted by atomic mass is 16.7. The summed E-state index contributed by atoms with van der Waals surface area (Å²) in [6.45, 7) is 8.24. The van der Waals surface area contributed by atoms with Crippen LogP contribution in [0.3, 0.4) is 0 Å². The third-order valence-corrected chi connectivity index (χ3v) is 4.55. The number of ether oxygens (including phenoxy) is 1. The van der Waals surface area contributed by atoms with E-state index in [0.717, 1.165) is 22.3 Å². The highest BCUT2D eigenvalue weighted by Crippen LogP contribution is 2.38. The first-order valence-corrected chi connectivity index (χ1v) is 7.23. The van der Waals surface area contributed by atoms with Gasteiger partial charge in [-0.05, 0) is 39.3 Å². The first kappa shape index (κ1) is 14.5. The van der Waals surface area contributed by atoms with Gasteiger partial charge in [0.15, 0.2) is 11.3 Å². The van der Waals surface area contributed by atoms with Crippen LogP contribution in [0.4, 0.5) is 0 Å². The molecule has 2 aromatic rings. The summed E-state index contributed by atoms with van der Waals surface area (Å²) < 4.78 is 23.1. The molecule has 2 heterocycles. The second-order valence-corrected chi connectivity index (χ2v) is 6.49. The quantitative estimate of drug-likeness (QED) is 0.809. The van der Waals surface area contributed by atoms with Crippen molar-refractivity contribution in [3.05, 3.63) is 30.0 Å². The molecule has 0 saturated carbocycles. The minimum absolute atomic E-state index is 0.262. The summed E-state index contributed by atoms with van der Waals surface area (Å²) in [6, 6.07) is 5.89. The zero-order valence-electron chi connectivity index (χ0n) is 13.2. The molecule has 0 unspecified atom stereocenters. The van der Waals surface area contributed by atoms with Crippen molar-refractivity contribution in [1.29, 1.82) is 0 Å². The monoisotopic (exact) mass is 288 g/mol. The van der Waals surface area contributed by atoms with E-state index in [4.69, 9.17) is 18.5 Å². The van der Waals surface area contributed by atoms with Crippen molar-refractivity contribution >= 4 is 18.1 Å². The first-order valence-electron chi connectivity index (χ1n) is 7.23. The van der Waals surface area contributed by atoms with Crippen LogP contribution in [0.15, 0.2) is 28.9 Å². The zero-order valence-corrected chi connectivity index (χ0v) is 13.2. The average Bonchev–Trinajstić information content (AvgIpc) is 2.89. The second kappa shape index (κ2) is 4.78. The van der Waals surface area contributed by atoms with Gasteiger partial charge in [-0.3, -0.25) is 0 Å². The third kappa shape index (κ3) is 2.34. The van der Waals surface area contributed by atoms with Gasteiger partial charge < -0.3 is 18.5 Å². The van der Waals surface area contributed by atoms with Crippen molar-refractivity contribution in [2.75, 3.05) is 7.11 Å². The maximum Gasteiger partial charge on any atom is 0.462 e. The Bertz CT molecular complexity index is 643. The lowest BCUT2D eigenvalue weighted by Crippen LogP contribution is -2.41. The third-order valence-electron chi connectivity index (χ3n) is 4.55. The molecule has 0 atom stereocenters. The lowest BCUT2D eigenvalue weighted by Gasteiger charge is -2.32. The summed E-state index contributed by atoms with van der Waals surface area (Å²) in [5.74, 6) is 0.743. The molecule has 1 aliphatic heterocycles. The van der Waals surface area contributed by atoms with Crippen molar-refractivity contribution in [3.63, 3.8) is 0 Å². The van der Waals surface area contributed by atoms with E-state index in [2.05, 4.69) is 27.7 Å². The molecule has 0 amide bonds. The Kier molecular flexibility index (Phi) is 3.30. The van der Waals surface area contributed by atoms with Crippen molar-refractivity contribution < 1.29 is 18.5 Å². The number of furan rings is 1. The van der Waals surface area contributed by atoms with Gasteiger partial charge in [0, 0.05) is 11.7 Å². The van der Waals surface area contributed by atoms with E-state index in [0.29, 0.717) is 6.32 Å². The molecular formula is C16H21BO4. The van der Waals surface area contributed by atoms with Crippen LogP contribution in [0.2, 0.25) is 0 Å². The Morgan fingerprint density at radius 3 is 2.38 bits per heavy atom. The summed E-state index contributed by atoms with van der Waals surface area (Å²) in [4.78, 5) is 0. The summed E-state index contributed by atoms with van der Waals surface area (Å²) in [6.07, 6.45) is 2.42. The van der Waals surface area contributed by atoms with Crippen molar-refractivity contribution in [3.8, 4) is 5.75 Å². The topological polar surface area (TPSA) is 40.8 Å². The molecule has 4 nitrogen and oxygen atoms in total. The van der Waals surface area contributed by atoms with Crippen LogP contribution in [0, 0.1) is 0 Å². The molecule has 0 radical (unpaired) electrons. The predicted octanol–water partition coefficient (Wildman–Crippen LogP) is 3.62. The van der Waals surface area contributed by atoms with Gasteiger partial charge in [0.25, 0.3) is 0 Å². The number of rotatable bonds is 3. The second-order valence-electron chi connectivity index (χ2n) is 6.49. The first-order chi connectivity index (χ1) is 9.84. The summed E-state index contributed by atoms with van der Waals surface area (Å²) in [5.41, 5.74) is 1.22. The molecule has 0 N–H and O–H groups in total. The summed E-state index contributed by atoms with van der Waals surface area (Å²) in [5, 5.41) is 1.05. The van der Waals surface area contributed by atoms with Gasteiger partial charge in [0.2, 0.25) is 0 Å². The Labute approximate surface area is 125 Å². The molecule has 1 aliphatic rings. The van der Waals surface area contributed by atoms with Crippen LogP contribution in [0.1, 0.15) is 33.3 Å². The molecule has 21 heavy (non-hydrogen) atoms. The van der Waals surface area contributed by atoms with Crippen molar-refractivity contribution in [2.45, 2.75) is 45.2 Å². The number of para-hydroxylation sites is 1. The van der Waals surface area contributed by atoms with Gasteiger partial charge in [0.1, 0.15) is 0 Å². The normalized spacial score (nSPS) is 20.1. The van der Waals surface area contributed by atoms with Crippen LogP contribution in [0.25, 0.3) is 11.0 Å². The Morgan fingerprint density at radius 1 is 1.10 bits per heavy atom. The molecular weight excluding hydrogens is 267 g/mol. The summed E-state index contributed by atoms with van der Waals surface area (Å²) in [7, 11) is 1.38. The number of methoxy groups -OCH3 is 1. The van der Waals surface area contributed by atoms with E-state index in [1.807, 2.05) is 18.2 Å². The maximum absolute atomic E-state index is 6.05. The van der Waals surface area contributed by atoms with Gasteiger partial charge in [-0.15, -0.1) is 0 Å². The molecule has 3 rings (SSSR count). The smallest absolute Gasteiger partial charge is 0.462 e. The van der Waals surface area contributed by atoms with Crippen LogP contribution in [-0.4, -0.2) is 25.4 Å². The van der Waals surface area contributed by atoms with Gasteiger partial charge in [0.05, 0.1) is 24.6 Å². The lowest BCUT2D eigenvalue weighted by atomic mass is 9.81. The van der Waals surface area contributed by atoms with E-state index in [9.17, 15) is 0 Å². The summed E-state index contributed by atoms with van der Waals surface area (Å²) >= 11 is 0. The van der Waals surface area contributed by atoms with Crippen LogP contribution >= 0.6 is 0 Å². The van der Waals surface area contributed by atoms with Crippen LogP contribution < -0.4 is 4.74 Å².